The van der Waals surface area contributed by atoms with Crippen LogP contribution in [0.3, 0.4) is 0 Å². The van der Waals surface area contributed by atoms with Crippen LogP contribution in [-0.2, 0) is 17.0 Å². The summed E-state index contributed by atoms with van der Waals surface area (Å²) in [6.45, 7) is 3.23. The first kappa shape index (κ1) is 16.7. The SMILES string of the molecule is Cc1cccc(CC(=O)N2CCN=C2SCc2ccccc2F)c1. The standard InChI is InChI=1S/C19H19FN2OS/c1-14-5-4-6-15(11-14)12-18(23)22-10-9-21-19(22)24-13-16-7-2-3-8-17(16)20/h2-8,11H,9-10,12-13H2,1H3. The number of aliphatic imine (C=N–C) groups is 1. The maximum Gasteiger partial charge on any atom is 0.233 e. The van der Waals surface area contributed by atoms with E-state index in [1.165, 1.54) is 17.8 Å². The summed E-state index contributed by atoms with van der Waals surface area (Å²) in [6.07, 6.45) is 0.362. The van der Waals surface area contributed by atoms with Gasteiger partial charge in [0.2, 0.25) is 5.91 Å². The Labute approximate surface area is 145 Å². The van der Waals surface area contributed by atoms with Gasteiger partial charge < -0.3 is 0 Å². The van der Waals surface area contributed by atoms with E-state index in [2.05, 4.69) is 4.99 Å². The van der Waals surface area contributed by atoms with Gasteiger partial charge in [0, 0.05) is 12.3 Å². The topological polar surface area (TPSA) is 32.7 Å². The van der Waals surface area contributed by atoms with Gasteiger partial charge in [-0.05, 0) is 24.1 Å². The summed E-state index contributed by atoms with van der Waals surface area (Å²) in [5.74, 6) is 0.291. The molecule has 124 valence electrons. The van der Waals surface area contributed by atoms with Gasteiger partial charge in [0.15, 0.2) is 5.17 Å². The molecule has 3 rings (SSSR count). The van der Waals surface area contributed by atoms with Crippen LogP contribution in [0.4, 0.5) is 4.39 Å². The number of amides is 1. The zero-order valence-electron chi connectivity index (χ0n) is 13.5. The highest BCUT2D eigenvalue weighted by atomic mass is 32.2. The largest absolute Gasteiger partial charge is 0.289 e. The Morgan fingerprint density at radius 1 is 1.25 bits per heavy atom. The normalized spacial score (nSPS) is 13.9. The molecule has 1 amide bonds. The van der Waals surface area contributed by atoms with E-state index in [0.717, 1.165) is 11.1 Å². The first-order chi connectivity index (χ1) is 11.6. The number of benzene rings is 2. The molecule has 1 heterocycles. The number of rotatable bonds is 4. The second kappa shape index (κ2) is 7.62. The first-order valence-electron chi connectivity index (χ1n) is 7.90. The Bertz CT molecular complexity index is 775. The molecule has 0 saturated heterocycles. The second-order valence-electron chi connectivity index (χ2n) is 5.76. The fourth-order valence-electron chi connectivity index (χ4n) is 2.63. The lowest BCUT2D eigenvalue weighted by Gasteiger charge is -2.18. The van der Waals surface area contributed by atoms with E-state index in [1.807, 2.05) is 37.3 Å². The predicted molar refractivity (Wildman–Crippen MR) is 96.6 cm³/mol. The maximum atomic E-state index is 13.7. The van der Waals surface area contributed by atoms with Crippen LogP contribution in [0.15, 0.2) is 53.5 Å². The number of nitrogens with zero attached hydrogens (tertiary/aromatic N) is 2. The fourth-order valence-corrected chi connectivity index (χ4v) is 3.68. The van der Waals surface area contributed by atoms with Gasteiger partial charge in [-0.2, -0.15) is 0 Å². The molecule has 0 N–H and O–H groups in total. The summed E-state index contributed by atoms with van der Waals surface area (Å²) in [6, 6.07) is 14.7. The van der Waals surface area contributed by atoms with E-state index in [1.54, 1.807) is 17.0 Å². The van der Waals surface area contributed by atoms with Crippen molar-refractivity contribution in [3.8, 4) is 0 Å². The van der Waals surface area contributed by atoms with Gasteiger partial charge in [-0.1, -0.05) is 59.8 Å². The molecule has 0 radical (unpaired) electrons. The summed E-state index contributed by atoms with van der Waals surface area (Å²) in [5, 5.41) is 0.691. The molecule has 0 unspecified atom stereocenters. The van der Waals surface area contributed by atoms with Crippen LogP contribution in [0.1, 0.15) is 16.7 Å². The molecule has 3 nitrogen and oxygen atoms in total. The van der Waals surface area contributed by atoms with E-state index in [-0.39, 0.29) is 11.7 Å². The predicted octanol–water partition coefficient (Wildman–Crippen LogP) is 3.81. The molecule has 5 heteroatoms. The lowest BCUT2D eigenvalue weighted by Crippen LogP contribution is -2.34. The number of halogens is 1. The van der Waals surface area contributed by atoms with E-state index < -0.39 is 0 Å². The third-order valence-electron chi connectivity index (χ3n) is 3.86. The summed E-state index contributed by atoms with van der Waals surface area (Å²) < 4.78 is 13.7. The molecular formula is C19H19FN2OS. The maximum absolute atomic E-state index is 13.7. The van der Waals surface area contributed by atoms with E-state index in [9.17, 15) is 9.18 Å². The zero-order valence-corrected chi connectivity index (χ0v) is 14.4. The van der Waals surface area contributed by atoms with Crippen LogP contribution < -0.4 is 0 Å². The zero-order chi connectivity index (χ0) is 16.9. The molecule has 0 saturated carbocycles. The van der Waals surface area contributed by atoms with E-state index in [0.29, 0.717) is 36.0 Å². The van der Waals surface area contributed by atoms with Crippen LogP contribution in [0.25, 0.3) is 0 Å². The van der Waals surface area contributed by atoms with Crippen molar-refractivity contribution in [1.82, 2.24) is 4.90 Å². The minimum Gasteiger partial charge on any atom is -0.289 e. The highest BCUT2D eigenvalue weighted by Gasteiger charge is 2.24. The molecule has 24 heavy (non-hydrogen) atoms. The second-order valence-corrected chi connectivity index (χ2v) is 6.70. The highest BCUT2D eigenvalue weighted by Crippen LogP contribution is 2.22. The van der Waals surface area contributed by atoms with Gasteiger partial charge in [0.25, 0.3) is 0 Å². The molecule has 2 aromatic rings. The summed E-state index contributed by atoms with van der Waals surface area (Å²) in [5.41, 5.74) is 2.78. The number of hydrogen-bond acceptors (Lipinski definition) is 3. The number of hydrogen-bond donors (Lipinski definition) is 0. The first-order valence-corrected chi connectivity index (χ1v) is 8.88. The van der Waals surface area contributed by atoms with Gasteiger partial charge >= 0.3 is 0 Å². The average Bonchev–Trinajstić information content (AvgIpc) is 3.03. The number of amidine groups is 1. The molecule has 0 aliphatic carbocycles. The Hall–Kier alpha value is -2.14. The van der Waals surface area contributed by atoms with Crippen molar-refractivity contribution in [3.05, 3.63) is 71.0 Å². The van der Waals surface area contributed by atoms with E-state index in [4.69, 9.17) is 0 Å². The van der Waals surface area contributed by atoms with E-state index >= 15 is 0 Å². The van der Waals surface area contributed by atoms with Gasteiger partial charge in [0.05, 0.1) is 13.0 Å². The molecule has 0 atom stereocenters. The van der Waals surface area contributed by atoms with Crippen LogP contribution in [0.2, 0.25) is 0 Å². The van der Waals surface area contributed by atoms with Crippen molar-refractivity contribution in [2.45, 2.75) is 19.1 Å². The van der Waals surface area contributed by atoms with Gasteiger partial charge in [-0.3, -0.25) is 14.7 Å². The average molecular weight is 342 g/mol. The molecule has 1 aliphatic heterocycles. The van der Waals surface area contributed by atoms with Gasteiger partial charge in [0.1, 0.15) is 5.82 Å². The van der Waals surface area contributed by atoms with Crippen LogP contribution in [0.5, 0.6) is 0 Å². The van der Waals surface area contributed by atoms with Crippen molar-refractivity contribution in [3.63, 3.8) is 0 Å². The summed E-state index contributed by atoms with van der Waals surface area (Å²) in [7, 11) is 0. The number of aryl methyl sites for hydroxylation is 1. The monoisotopic (exact) mass is 342 g/mol. The van der Waals surface area contributed by atoms with Crippen LogP contribution in [0, 0.1) is 12.7 Å². The molecule has 0 fully saturated rings. The number of thioether (sulfide) groups is 1. The lowest BCUT2D eigenvalue weighted by molar-refractivity contribution is -0.126. The van der Waals surface area contributed by atoms with Crippen molar-refractivity contribution in [2.75, 3.05) is 13.1 Å². The van der Waals surface area contributed by atoms with Gasteiger partial charge in [-0.15, -0.1) is 0 Å². The quantitative estimate of drug-likeness (QED) is 0.846. The minimum atomic E-state index is -0.221. The van der Waals surface area contributed by atoms with Crippen molar-refractivity contribution in [2.24, 2.45) is 4.99 Å². The lowest BCUT2D eigenvalue weighted by atomic mass is 10.1. The highest BCUT2D eigenvalue weighted by molar-refractivity contribution is 8.13. The smallest absolute Gasteiger partial charge is 0.233 e. The molecule has 0 aromatic heterocycles. The van der Waals surface area contributed by atoms with Gasteiger partial charge in [-0.25, -0.2) is 4.39 Å². The number of carbonyl (C=O) groups excluding carboxylic acids is 1. The Morgan fingerprint density at radius 3 is 2.88 bits per heavy atom. The Morgan fingerprint density at radius 2 is 2.08 bits per heavy atom. The third-order valence-corrected chi connectivity index (χ3v) is 4.92. The van der Waals surface area contributed by atoms with Crippen molar-refractivity contribution < 1.29 is 9.18 Å². The summed E-state index contributed by atoms with van der Waals surface area (Å²) >= 11 is 1.42. The Kier molecular flexibility index (Phi) is 5.30. The number of carbonyl (C=O) groups is 1. The van der Waals surface area contributed by atoms with Crippen LogP contribution in [-0.4, -0.2) is 29.1 Å². The Balaban J connectivity index is 1.62. The molecule has 2 aromatic carbocycles. The molecular weight excluding hydrogens is 323 g/mol. The van der Waals surface area contributed by atoms with Crippen molar-refractivity contribution >= 4 is 22.8 Å². The summed E-state index contributed by atoms with van der Waals surface area (Å²) in [4.78, 5) is 18.7. The van der Waals surface area contributed by atoms with Crippen LogP contribution >= 0.6 is 11.8 Å². The fraction of sp³-hybridized carbons (Fsp3) is 0.263. The molecule has 1 aliphatic rings. The molecule has 0 bridgehead atoms. The minimum absolute atomic E-state index is 0.0397. The third kappa shape index (κ3) is 4.03. The molecule has 0 spiro atoms. The van der Waals surface area contributed by atoms with Crippen molar-refractivity contribution in [1.29, 1.82) is 0 Å².